The molecule has 0 N–H and O–H groups in total. The zero-order valence-electron chi connectivity index (χ0n) is 15.8. The molecular weight excluding hydrogens is 320 g/mol. The Hall–Kier alpha value is -2.55. The molecule has 1 fully saturated rings. The van der Waals surface area contributed by atoms with Crippen molar-refractivity contribution in [1.29, 1.82) is 0 Å². The number of Topliss-reactive ketones (excluding diaryl/α,β-unsaturated/α-hetero) is 1. The van der Waals surface area contributed by atoms with Crippen molar-refractivity contribution < 1.29 is 4.79 Å². The van der Waals surface area contributed by atoms with Crippen molar-refractivity contribution in [3.63, 3.8) is 0 Å². The maximum absolute atomic E-state index is 13.0. The number of nitrogens with zero attached hydrogens (tertiary/aromatic N) is 2. The van der Waals surface area contributed by atoms with Crippen LogP contribution >= 0.6 is 0 Å². The molecule has 0 bridgehead atoms. The summed E-state index contributed by atoms with van der Waals surface area (Å²) in [4.78, 5) is 13.0. The molecule has 0 heterocycles. The monoisotopic (exact) mass is 346 g/mol. The van der Waals surface area contributed by atoms with E-state index in [0.717, 1.165) is 24.1 Å². The van der Waals surface area contributed by atoms with E-state index in [9.17, 15) is 4.79 Å². The van der Waals surface area contributed by atoms with Gasteiger partial charge < -0.3 is 0 Å². The first kappa shape index (κ1) is 18.2. The quantitative estimate of drug-likeness (QED) is 0.406. The second-order valence-corrected chi connectivity index (χ2v) is 8.03. The molecular formula is C23H26N2O. The molecule has 0 aromatic heterocycles. The van der Waals surface area contributed by atoms with Crippen LogP contribution in [-0.2, 0) is 0 Å². The number of carbonyl (C=O) groups excluding carboxylic acids is 1. The third-order valence-electron chi connectivity index (χ3n) is 4.76. The molecule has 0 amide bonds. The number of hydrogen-bond acceptors (Lipinski definition) is 3. The zero-order valence-corrected chi connectivity index (χ0v) is 15.8. The van der Waals surface area contributed by atoms with Gasteiger partial charge in [-0.3, -0.25) is 4.79 Å². The highest BCUT2D eigenvalue weighted by Gasteiger charge is 2.29. The molecule has 3 heteroatoms. The summed E-state index contributed by atoms with van der Waals surface area (Å²) in [6.07, 6.45) is 3.08. The average Bonchev–Trinajstić information content (AvgIpc) is 2.62. The normalized spacial score (nSPS) is 21.6. The van der Waals surface area contributed by atoms with Crippen molar-refractivity contribution in [1.82, 2.24) is 0 Å². The predicted octanol–water partition coefficient (Wildman–Crippen LogP) is 5.56. The van der Waals surface area contributed by atoms with Gasteiger partial charge in [0.2, 0.25) is 5.78 Å². The van der Waals surface area contributed by atoms with E-state index in [2.05, 4.69) is 31.0 Å². The third kappa shape index (κ3) is 4.54. The topological polar surface area (TPSA) is 41.8 Å². The van der Waals surface area contributed by atoms with Crippen molar-refractivity contribution in [2.24, 2.45) is 21.5 Å². The molecule has 0 spiro atoms. The average molecular weight is 346 g/mol. The van der Waals surface area contributed by atoms with Crippen molar-refractivity contribution in [2.45, 2.75) is 40.0 Å². The van der Waals surface area contributed by atoms with Crippen LogP contribution in [0.2, 0.25) is 0 Å². The molecule has 26 heavy (non-hydrogen) atoms. The number of ketones is 1. The minimum atomic E-state index is -0.0933. The first-order valence-corrected chi connectivity index (χ1v) is 9.23. The Morgan fingerprint density at radius 2 is 1.54 bits per heavy atom. The van der Waals surface area contributed by atoms with E-state index in [1.807, 2.05) is 60.7 Å². The van der Waals surface area contributed by atoms with Gasteiger partial charge in [-0.15, -0.1) is 5.10 Å². The van der Waals surface area contributed by atoms with Crippen LogP contribution in [0.3, 0.4) is 0 Å². The van der Waals surface area contributed by atoms with Crippen LogP contribution in [0.15, 0.2) is 70.9 Å². The Morgan fingerprint density at radius 1 is 0.962 bits per heavy atom. The first-order valence-electron chi connectivity index (χ1n) is 9.23. The van der Waals surface area contributed by atoms with Gasteiger partial charge in [0.15, 0.2) is 0 Å². The minimum absolute atomic E-state index is 0.0933. The van der Waals surface area contributed by atoms with Gasteiger partial charge in [0.25, 0.3) is 0 Å². The van der Waals surface area contributed by atoms with Crippen molar-refractivity contribution >= 4 is 17.2 Å². The van der Waals surface area contributed by atoms with Gasteiger partial charge in [0.1, 0.15) is 5.71 Å². The zero-order chi connectivity index (χ0) is 18.6. The molecule has 0 radical (unpaired) electrons. The van der Waals surface area contributed by atoms with E-state index in [-0.39, 0.29) is 11.2 Å². The molecule has 1 atom stereocenters. The Morgan fingerprint density at radius 3 is 2.12 bits per heavy atom. The lowest BCUT2D eigenvalue weighted by Crippen LogP contribution is -2.27. The first-order chi connectivity index (χ1) is 12.4. The summed E-state index contributed by atoms with van der Waals surface area (Å²) in [5, 5.41) is 8.99. The lowest BCUT2D eigenvalue weighted by Gasteiger charge is -2.34. The second kappa shape index (κ2) is 7.77. The van der Waals surface area contributed by atoms with E-state index in [4.69, 9.17) is 0 Å². The van der Waals surface area contributed by atoms with E-state index in [0.29, 0.717) is 17.2 Å². The molecule has 1 aliphatic carbocycles. The molecule has 1 unspecified atom stereocenters. The van der Waals surface area contributed by atoms with Crippen LogP contribution in [0.5, 0.6) is 0 Å². The fraction of sp³-hybridized carbons (Fsp3) is 0.348. The summed E-state index contributed by atoms with van der Waals surface area (Å²) in [7, 11) is 0. The van der Waals surface area contributed by atoms with Crippen molar-refractivity contribution in [3.05, 3.63) is 71.8 Å². The molecule has 3 nitrogen and oxygen atoms in total. The smallest absolute Gasteiger partial charge is 0.213 e. The predicted molar refractivity (Wildman–Crippen MR) is 108 cm³/mol. The van der Waals surface area contributed by atoms with Gasteiger partial charge in [0.05, 0.1) is 0 Å². The van der Waals surface area contributed by atoms with Crippen LogP contribution in [-0.4, -0.2) is 17.2 Å². The summed E-state index contributed by atoms with van der Waals surface area (Å²) in [6, 6.07) is 18.9. The summed E-state index contributed by atoms with van der Waals surface area (Å²) in [5.41, 5.74) is 3.16. The molecule has 0 aliphatic heterocycles. The molecule has 1 aliphatic rings. The minimum Gasteiger partial charge on any atom is -0.287 e. The summed E-state index contributed by atoms with van der Waals surface area (Å²) >= 11 is 0. The van der Waals surface area contributed by atoms with Crippen LogP contribution in [0.25, 0.3) is 0 Å². The summed E-state index contributed by atoms with van der Waals surface area (Å²) < 4.78 is 0. The number of hydrogen-bond donors (Lipinski definition) is 0. The summed E-state index contributed by atoms with van der Waals surface area (Å²) in [6.45, 7) is 6.80. The van der Waals surface area contributed by atoms with E-state index in [1.165, 1.54) is 6.42 Å². The van der Waals surface area contributed by atoms with Crippen LogP contribution < -0.4 is 0 Å². The fourth-order valence-corrected chi connectivity index (χ4v) is 3.87. The highest BCUT2D eigenvalue weighted by atomic mass is 16.1. The molecule has 2 aromatic carbocycles. The van der Waals surface area contributed by atoms with E-state index < -0.39 is 0 Å². The number of carbonyl (C=O) groups is 1. The van der Waals surface area contributed by atoms with Crippen molar-refractivity contribution in [2.75, 3.05) is 0 Å². The van der Waals surface area contributed by atoms with Crippen LogP contribution in [0.4, 0.5) is 0 Å². The highest BCUT2D eigenvalue weighted by molar-refractivity contribution is 6.51. The van der Waals surface area contributed by atoms with Gasteiger partial charge in [-0.25, -0.2) is 0 Å². The van der Waals surface area contributed by atoms with Crippen LogP contribution in [0.1, 0.15) is 56.0 Å². The van der Waals surface area contributed by atoms with Crippen LogP contribution in [0, 0.1) is 11.3 Å². The molecule has 1 saturated carbocycles. The standard InChI is InChI=1S/C23H26N2O/c1-17-14-20(16-23(2,3)15-17)24-25-21(18-10-6-4-7-11-18)22(26)19-12-8-5-9-13-19/h4-13,17H,14-16H2,1-3H3. The van der Waals surface area contributed by atoms with E-state index in [1.54, 1.807) is 0 Å². The highest BCUT2D eigenvalue weighted by Crippen LogP contribution is 2.37. The molecule has 3 rings (SSSR count). The lowest BCUT2D eigenvalue weighted by atomic mass is 9.72. The number of benzene rings is 2. The Balaban J connectivity index is 1.97. The van der Waals surface area contributed by atoms with Gasteiger partial charge in [-0.05, 0) is 30.6 Å². The molecule has 134 valence electrons. The van der Waals surface area contributed by atoms with Gasteiger partial charge in [-0.2, -0.15) is 5.10 Å². The second-order valence-electron chi connectivity index (χ2n) is 8.03. The SMILES string of the molecule is CC1CC(=NN=C(C(=O)c2ccccc2)c2ccccc2)CC(C)(C)C1. The lowest BCUT2D eigenvalue weighted by molar-refractivity contribution is 0.106. The molecule has 2 aromatic rings. The van der Waals surface area contributed by atoms with Gasteiger partial charge in [0, 0.05) is 16.8 Å². The molecule has 0 saturated heterocycles. The van der Waals surface area contributed by atoms with Crippen molar-refractivity contribution in [3.8, 4) is 0 Å². The third-order valence-corrected chi connectivity index (χ3v) is 4.76. The maximum Gasteiger partial charge on any atom is 0.213 e. The van der Waals surface area contributed by atoms with Gasteiger partial charge in [-0.1, -0.05) is 81.4 Å². The van der Waals surface area contributed by atoms with Gasteiger partial charge >= 0.3 is 0 Å². The summed E-state index contributed by atoms with van der Waals surface area (Å²) in [5.74, 6) is 0.502. The Labute approximate surface area is 155 Å². The van der Waals surface area contributed by atoms with E-state index >= 15 is 0 Å². The Kier molecular flexibility index (Phi) is 5.46. The Bertz CT molecular complexity index is 820. The fourth-order valence-electron chi connectivity index (χ4n) is 3.87. The largest absolute Gasteiger partial charge is 0.287 e. The number of rotatable bonds is 4. The maximum atomic E-state index is 13.0.